The van der Waals surface area contributed by atoms with Crippen LogP contribution >= 0.6 is 0 Å². The van der Waals surface area contributed by atoms with Gasteiger partial charge in [0.2, 0.25) is 0 Å². The van der Waals surface area contributed by atoms with Crippen molar-refractivity contribution in [3.8, 4) is 6.07 Å². The fraction of sp³-hybridized carbons (Fsp3) is 0.500. The van der Waals surface area contributed by atoms with Gasteiger partial charge in [0.05, 0.1) is 11.6 Å². The van der Waals surface area contributed by atoms with Crippen LogP contribution in [-0.4, -0.2) is 37.1 Å². The molecule has 0 N–H and O–H groups in total. The van der Waals surface area contributed by atoms with Gasteiger partial charge in [0.25, 0.3) is 0 Å². The number of nitriles is 1. The molecule has 1 aliphatic carbocycles. The highest BCUT2D eigenvalue weighted by molar-refractivity contribution is 5.53. The van der Waals surface area contributed by atoms with Gasteiger partial charge >= 0.3 is 0 Å². The lowest BCUT2D eigenvalue weighted by Crippen LogP contribution is -2.47. The van der Waals surface area contributed by atoms with Gasteiger partial charge in [0.15, 0.2) is 11.6 Å². The quantitative estimate of drug-likeness (QED) is 0.818. The van der Waals surface area contributed by atoms with Crippen molar-refractivity contribution < 1.29 is 8.78 Å². The molecule has 19 heavy (non-hydrogen) atoms. The van der Waals surface area contributed by atoms with E-state index in [9.17, 15) is 8.78 Å². The Labute approximate surface area is 111 Å². The van der Waals surface area contributed by atoms with E-state index in [1.807, 2.05) is 0 Å². The normalized spacial score (nSPS) is 20.4. The van der Waals surface area contributed by atoms with E-state index in [0.29, 0.717) is 19.1 Å². The topological polar surface area (TPSA) is 30.3 Å². The first-order chi connectivity index (χ1) is 9.19. The highest BCUT2D eigenvalue weighted by atomic mass is 19.1. The van der Waals surface area contributed by atoms with Crippen molar-refractivity contribution in [2.45, 2.75) is 18.9 Å². The first-order valence-corrected chi connectivity index (χ1v) is 6.57. The molecule has 1 aromatic carbocycles. The molecule has 3 nitrogen and oxygen atoms in total. The Morgan fingerprint density at radius 3 is 2.11 bits per heavy atom. The van der Waals surface area contributed by atoms with Crippen LogP contribution in [0.25, 0.3) is 0 Å². The summed E-state index contributed by atoms with van der Waals surface area (Å²) in [5, 5.41) is 8.69. The molecule has 1 aliphatic heterocycles. The maximum absolute atomic E-state index is 13.9. The zero-order valence-electron chi connectivity index (χ0n) is 10.6. The number of nitrogens with zero attached hydrogens (tertiary/aromatic N) is 3. The van der Waals surface area contributed by atoms with Gasteiger partial charge in [-0.05, 0) is 25.0 Å². The van der Waals surface area contributed by atoms with Gasteiger partial charge in [-0.3, -0.25) is 4.90 Å². The second kappa shape index (κ2) is 4.78. The molecule has 0 aromatic heterocycles. The molecule has 0 atom stereocenters. The third-order valence-corrected chi connectivity index (χ3v) is 3.84. The molecule has 1 heterocycles. The summed E-state index contributed by atoms with van der Waals surface area (Å²) in [5.74, 6) is -1.28. The average Bonchev–Trinajstić information content (AvgIpc) is 3.23. The van der Waals surface area contributed by atoms with Crippen molar-refractivity contribution in [3.63, 3.8) is 0 Å². The maximum Gasteiger partial charge on any atom is 0.150 e. The fourth-order valence-corrected chi connectivity index (χ4v) is 2.68. The Hall–Kier alpha value is -1.67. The number of hydrogen-bond acceptors (Lipinski definition) is 3. The van der Waals surface area contributed by atoms with Crippen LogP contribution in [0, 0.1) is 23.0 Å². The summed E-state index contributed by atoms with van der Waals surface area (Å²) in [5.41, 5.74) is 0.0322. The van der Waals surface area contributed by atoms with Crippen molar-refractivity contribution in [3.05, 3.63) is 29.3 Å². The molecule has 3 rings (SSSR count). The highest BCUT2D eigenvalue weighted by Crippen LogP contribution is 2.30. The Morgan fingerprint density at radius 2 is 1.63 bits per heavy atom. The molecule has 0 unspecified atom stereocenters. The number of anilines is 1. The zero-order chi connectivity index (χ0) is 13.4. The van der Waals surface area contributed by atoms with Gasteiger partial charge in [0.1, 0.15) is 5.69 Å². The first kappa shape index (κ1) is 12.4. The summed E-state index contributed by atoms with van der Waals surface area (Å²) < 4.78 is 27.8. The molecule has 0 spiro atoms. The van der Waals surface area contributed by atoms with E-state index in [-0.39, 0.29) is 11.3 Å². The average molecular weight is 263 g/mol. The van der Waals surface area contributed by atoms with Gasteiger partial charge < -0.3 is 4.90 Å². The Morgan fingerprint density at radius 1 is 1.05 bits per heavy atom. The Balaban J connectivity index is 1.77. The molecule has 0 bridgehead atoms. The molecule has 1 saturated heterocycles. The lowest BCUT2D eigenvalue weighted by Gasteiger charge is -2.36. The number of rotatable bonds is 2. The standard InChI is InChI=1S/C14H15F2N3/c15-12-7-10(9-17)8-13(16)14(12)19-5-3-18(4-6-19)11-1-2-11/h7-8,11H,1-6H2. The summed E-state index contributed by atoms with van der Waals surface area (Å²) in [6, 6.07) is 4.66. The van der Waals surface area contributed by atoms with Crippen LogP contribution in [0.1, 0.15) is 18.4 Å². The lowest BCUT2D eigenvalue weighted by atomic mass is 10.1. The summed E-state index contributed by atoms with van der Waals surface area (Å²) in [4.78, 5) is 4.13. The molecule has 100 valence electrons. The van der Waals surface area contributed by atoms with E-state index in [1.165, 1.54) is 12.8 Å². The highest BCUT2D eigenvalue weighted by Gasteiger charge is 2.32. The predicted octanol–water partition coefficient (Wildman–Crippen LogP) is 2.12. The summed E-state index contributed by atoms with van der Waals surface area (Å²) in [7, 11) is 0. The minimum atomic E-state index is -0.642. The molecular formula is C14H15F2N3. The minimum Gasteiger partial charge on any atom is -0.364 e. The van der Waals surface area contributed by atoms with E-state index in [1.54, 1.807) is 11.0 Å². The van der Waals surface area contributed by atoms with Crippen molar-refractivity contribution >= 4 is 5.69 Å². The van der Waals surface area contributed by atoms with E-state index in [0.717, 1.165) is 25.2 Å². The third kappa shape index (κ3) is 2.41. The number of piperazine rings is 1. The van der Waals surface area contributed by atoms with Gasteiger partial charge in [0, 0.05) is 32.2 Å². The van der Waals surface area contributed by atoms with Crippen LogP contribution in [0.2, 0.25) is 0 Å². The van der Waals surface area contributed by atoms with Gasteiger partial charge in [-0.2, -0.15) is 5.26 Å². The van der Waals surface area contributed by atoms with E-state index < -0.39 is 11.6 Å². The van der Waals surface area contributed by atoms with Crippen LogP contribution < -0.4 is 4.90 Å². The van der Waals surface area contributed by atoms with Gasteiger partial charge in [-0.15, -0.1) is 0 Å². The second-order valence-corrected chi connectivity index (χ2v) is 5.15. The van der Waals surface area contributed by atoms with Crippen LogP contribution in [0.4, 0.5) is 14.5 Å². The van der Waals surface area contributed by atoms with Crippen LogP contribution in [0.5, 0.6) is 0 Å². The van der Waals surface area contributed by atoms with Crippen molar-refractivity contribution in [2.75, 3.05) is 31.1 Å². The summed E-state index contributed by atoms with van der Waals surface area (Å²) in [6.45, 7) is 2.97. The molecule has 2 aliphatic rings. The number of hydrogen-bond donors (Lipinski definition) is 0. The van der Waals surface area contributed by atoms with E-state index >= 15 is 0 Å². The summed E-state index contributed by atoms with van der Waals surface area (Å²) >= 11 is 0. The van der Waals surface area contributed by atoms with Crippen LogP contribution in [-0.2, 0) is 0 Å². The molecule has 1 aromatic rings. The summed E-state index contributed by atoms with van der Waals surface area (Å²) in [6.07, 6.45) is 2.50. The van der Waals surface area contributed by atoms with Gasteiger partial charge in [-0.25, -0.2) is 8.78 Å². The van der Waals surface area contributed by atoms with Crippen molar-refractivity contribution in [2.24, 2.45) is 0 Å². The first-order valence-electron chi connectivity index (χ1n) is 6.57. The number of halogens is 2. The van der Waals surface area contributed by atoms with Crippen molar-refractivity contribution in [1.29, 1.82) is 5.26 Å². The van der Waals surface area contributed by atoms with E-state index in [2.05, 4.69) is 4.90 Å². The SMILES string of the molecule is N#Cc1cc(F)c(N2CCN(C3CC3)CC2)c(F)c1. The number of benzene rings is 1. The van der Waals surface area contributed by atoms with Gasteiger partial charge in [-0.1, -0.05) is 0 Å². The second-order valence-electron chi connectivity index (χ2n) is 5.15. The lowest BCUT2D eigenvalue weighted by molar-refractivity contribution is 0.247. The largest absolute Gasteiger partial charge is 0.364 e. The smallest absolute Gasteiger partial charge is 0.150 e. The van der Waals surface area contributed by atoms with E-state index in [4.69, 9.17) is 5.26 Å². The Bertz CT molecular complexity index is 503. The van der Waals surface area contributed by atoms with Crippen LogP contribution in [0.3, 0.4) is 0 Å². The predicted molar refractivity (Wildman–Crippen MR) is 67.9 cm³/mol. The fourth-order valence-electron chi connectivity index (χ4n) is 2.68. The van der Waals surface area contributed by atoms with Crippen molar-refractivity contribution in [1.82, 2.24) is 4.90 Å². The molecule has 1 saturated carbocycles. The molecule has 5 heteroatoms. The third-order valence-electron chi connectivity index (χ3n) is 3.84. The van der Waals surface area contributed by atoms with Crippen LogP contribution in [0.15, 0.2) is 12.1 Å². The monoisotopic (exact) mass is 263 g/mol. The molecule has 0 amide bonds. The minimum absolute atomic E-state index is 0.00875. The zero-order valence-corrected chi connectivity index (χ0v) is 10.6. The maximum atomic E-state index is 13.9. The Kier molecular flexibility index (Phi) is 3.11. The molecular weight excluding hydrogens is 248 g/mol. The molecule has 0 radical (unpaired) electrons. The molecule has 2 fully saturated rings.